The molecular weight excluding hydrogens is 555 g/mol. The van der Waals surface area contributed by atoms with E-state index in [4.69, 9.17) is 25.7 Å². The van der Waals surface area contributed by atoms with E-state index in [-0.39, 0.29) is 40.1 Å². The number of likely N-dealkylation sites (N-methyl/N-ethyl adjacent to an activating group) is 1. The first-order valence-electron chi connectivity index (χ1n) is 15.5. The van der Waals surface area contributed by atoms with Crippen LogP contribution in [0.25, 0.3) is 32.9 Å². The number of fused-ring (bicyclic) bond motifs is 2. The summed E-state index contributed by atoms with van der Waals surface area (Å²) in [5, 5.41) is 5.93. The second-order valence-corrected chi connectivity index (χ2v) is 11.9. The van der Waals surface area contributed by atoms with Gasteiger partial charge in [0.15, 0.2) is 5.82 Å². The molecule has 0 radical (unpaired) electrons. The van der Waals surface area contributed by atoms with Gasteiger partial charge in [-0.15, -0.1) is 0 Å². The molecule has 0 N–H and O–H groups in total. The number of carbonyl (C=O) groups is 1. The van der Waals surface area contributed by atoms with E-state index in [9.17, 15) is 4.79 Å². The number of hydrogen-bond donors (Lipinski definition) is 0. The highest BCUT2D eigenvalue weighted by Gasteiger charge is 2.36. The zero-order valence-electron chi connectivity index (χ0n) is 27.4. The Labute approximate surface area is 254 Å². The van der Waals surface area contributed by atoms with Crippen molar-refractivity contribution in [2.24, 2.45) is 7.05 Å². The summed E-state index contributed by atoms with van der Waals surface area (Å²) in [6.07, 6.45) is 3.05. The van der Waals surface area contributed by atoms with Gasteiger partial charge in [0.1, 0.15) is 11.3 Å². The largest absolute Gasteiger partial charge is 0.349 e. The lowest BCUT2D eigenvalue weighted by atomic mass is 9.95. The van der Waals surface area contributed by atoms with E-state index in [1.54, 1.807) is 28.9 Å². The summed E-state index contributed by atoms with van der Waals surface area (Å²) in [7, 11) is 3.39. The number of aryl methyl sites for hydroxylation is 2. The number of carbonyl (C=O) groups excluding carboxylic acids is 1. The van der Waals surface area contributed by atoms with Crippen LogP contribution in [0, 0.1) is 12.7 Å². The fraction of sp³-hybridized carbons (Fsp3) is 0.419. The van der Waals surface area contributed by atoms with E-state index in [1.165, 1.54) is 11.0 Å². The maximum atomic E-state index is 17.0. The van der Waals surface area contributed by atoms with E-state index in [0.29, 0.717) is 48.9 Å². The number of hydrogen-bond acceptors (Lipinski definition) is 7. The molecule has 2 aromatic carbocycles. The molecule has 2 saturated heterocycles. The molecule has 0 spiro atoms. The van der Waals surface area contributed by atoms with Crippen molar-refractivity contribution in [1.29, 1.82) is 0 Å². The SMILES string of the molecule is [2H]C([2H])([2H])N(C)C1CN(c2nc(N3C[C@@H](C)N(C(=O)C=C)C[C@@H]3C)c3cc(Cl)c(-c4c(C)ccc5cnn(C)c45)c(F)c3n2)C1. The van der Waals surface area contributed by atoms with Gasteiger partial charge in [-0.2, -0.15) is 10.1 Å². The first-order chi connectivity index (χ1) is 21.2. The quantitative estimate of drug-likeness (QED) is 0.312. The normalized spacial score (nSPS) is 21.0. The number of amides is 1. The van der Waals surface area contributed by atoms with Gasteiger partial charge < -0.3 is 19.6 Å². The number of benzene rings is 2. The van der Waals surface area contributed by atoms with Gasteiger partial charge >= 0.3 is 0 Å². The van der Waals surface area contributed by atoms with Crippen LogP contribution >= 0.6 is 11.6 Å². The molecule has 6 rings (SSSR count). The molecule has 220 valence electrons. The van der Waals surface area contributed by atoms with Crippen LogP contribution in [0.5, 0.6) is 0 Å². The van der Waals surface area contributed by atoms with Crippen molar-refractivity contribution in [1.82, 2.24) is 29.5 Å². The van der Waals surface area contributed by atoms with Crippen LogP contribution in [-0.2, 0) is 11.8 Å². The predicted octanol–water partition coefficient (Wildman–Crippen LogP) is 4.65. The summed E-state index contributed by atoms with van der Waals surface area (Å²) in [4.78, 5) is 29.3. The molecule has 0 bridgehead atoms. The smallest absolute Gasteiger partial charge is 0.246 e. The van der Waals surface area contributed by atoms with Crippen molar-refractivity contribution in [3.8, 4) is 11.1 Å². The van der Waals surface area contributed by atoms with Crippen LogP contribution in [0.2, 0.25) is 5.02 Å². The summed E-state index contributed by atoms with van der Waals surface area (Å²) in [6.45, 7) is 8.90. The molecule has 4 aromatic rings. The average Bonchev–Trinajstić information content (AvgIpc) is 3.33. The Morgan fingerprint density at radius 3 is 2.67 bits per heavy atom. The van der Waals surface area contributed by atoms with Gasteiger partial charge in [0.2, 0.25) is 11.9 Å². The summed E-state index contributed by atoms with van der Waals surface area (Å²) < 4.78 is 42.1. The minimum Gasteiger partial charge on any atom is -0.349 e. The number of piperazine rings is 1. The summed E-state index contributed by atoms with van der Waals surface area (Å²) >= 11 is 6.95. The molecule has 2 atom stereocenters. The first kappa shape index (κ1) is 24.8. The highest BCUT2D eigenvalue weighted by atomic mass is 35.5. The Kier molecular flexibility index (Phi) is 6.20. The van der Waals surface area contributed by atoms with E-state index in [2.05, 4.69) is 16.6 Å². The van der Waals surface area contributed by atoms with E-state index < -0.39 is 12.8 Å². The van der Waals surface area contributed by atoms with Crippen molar-refractivity contribution in [3.63, 3.8) is 0 Å². The Morgan fingerprint density at radius 1 is 1.19 bits per heavy atom. The van der Waals surface area contributed by atoms with Crippen LogP contribution in [0.4, 0.5) is 16.2 Å². The molecule has 0 unspecified atom stereocenters. The Morgan fingerprint density at radius 2 is 1.95 bits per heavy atom. The molecule has 0 saturated carbocycles. The highest BCUT2D eigenvalue weighted by molar-refractivity contribution is 6.35. The van der Waals surface area contributed by atoms with E-state index >= 15 is 4.39 Å². The van der Waals surface area contributed by atoms with E-state index in [0.717, 1.165) is 16.5 Å². The molecule has 2 aliphatic rings. The summed E-state index contributed by atoms with van der Waals surface area (Å²) in [6, 6.07) is 5.04. The van der Waals surface area contributed by atoms with Crippen LogP contribution < -0.4 is 9.80 Å². The third kappa shape index (κ3) is 4.48. The summed E-state index contributed by atoms with van der Waals surface area (Å²) in [5.41, 5.74) is 2.58. The average molecular weight is 594 g/mol. The topological polar surface area (TPSA) is 73.6 Å². The van der Waals surface area contributed by atoms with Crippen LogP contribution in [-0.4, -0.2) is 93.8 Å². The van der Waals surface area contributed by atoms with E-state index in [1.807, 2.05) is 44.9 Å². The molecule has 0 aliphatic carbocycles. The third-order valence-corrected chi connectivity index (χ3v) is 8.92. The number of aromatic nitrogens is 4. The van der Waals surface area contributed by atoms with Gasteiger partial charge in [-0.1, -0.05) is 30.3 Å². The lowest BCUT2D eigenvalue weighted by Gasteiger charge is -2.45. The zero-order chi connectivity index (χ0) is 32.5. The molecule has 1 amide bonds. The van der Waals surface area contributed by atoms with Crippen molar-refractivity contribution in [2.45, 2.75) is 38.9 Å². The lowest BCUT2D eigenvalue weighted by molar-refractivity contribution is -0.128. The second-order valence-electron chi connectivity index (χ2n) is 11.5. The molecule has 2 aliphatic heterocycles. The van der Waals surface area contributed by atoms with Crippen LogP contribution in [0.15, 0.2) is 37.1 Å². The Hall–Kier alpha value is -3.76. The maximum absolute atomic E-state index is 17.0. The Balaban J connectivity index is 1.52. The van der Waals surface area contributed by atoms with Crippen LogP contribution in [0.1, 0.15) is 23.5 Å². The minimum atomic E-state index is -2.23. The number of anilines is 2. The summed E-state index contributed by atoms with van der Waals surface area (Å²) in [5.74, 6) is 0.0954. The Bertz CT molecular complexity index is 1840. The minimum absolute atomic E-state index is 0.116. The fourth-order valence-corrected chi connectivity index (χ4v) is 6.44. The molecule has 11 heteroatoms. The van der Waals surface area contributed by atoms with Gasteiger partial charge in [0.05, 0.1) is 16.7 Å². The van der Waals surface area contributed by atoms with Gasteiger partial charge in [-0.05, 0) is 52.5 Å². The molecule has 4 heterocycles. The molecule has 2 aromatic heterocycles. The fourth-order valence-electron chi connectivity index (χ4n) is 6.15. The van der Waals surface area contributed by atoms with Crippen molar-refractivity contribution in [3.05, 3.63) is 53.5 Å². The van der Waals surface area contributed by atoms with Gasteiger partial charge in [0.25, 0.3) is 0 Å². The number of rotatable bonds is 5. The van der Waals surface area contributed by atoms with Crippen molar-refractivity contribution < 1.29 is 13.3 Å². The van der Waals surface area contributed by atoms with Gasteiger partial charge in [-0.25, -0.2) is 9.37 Å². The second kappa shape index (κ2) is 10.5. The highest BCUT2D eigenvalue weighted by Crippen LogP contribution is 2.43. The zero-order valence-corrected chi connectivity index (χ0v) is 25.2. The monoisotopic (exact) mass is 593 g/mol. The standard InChI is InChI=1S/C31H36ClFN8O/c1-8-24(42)40-13-19(4)41(14-18(40)3)30-22-11-23(32)26(25-17(2)9-10-20-12-34-38(7)29(20)25)27(33)28(22)35-31(36-30)39-15-21(16-39)37(5)6/h8-12,18-19,21H,1,13-16H2,2-7H3/t18-,19+/m1/s1/i5D3. The van der Waals surface area contributed by atoms with Crippen LogP contribution in [0.3, 0.4) is 0 Å². The first-order valence-corrected chi connectivity index (χ1v) is 14.4. The van der Waals surface area contributed by atoms with Crippen molar-refractivity contribution >= 4 is 51.1 Å². The molecule has 42 heavy (non-hydrogen) atoms. The maximum Gasteiger partial charge on any atom is 0.246 e. The molecule has 9 nitrogen and oxygen atoms in total. The third-order valence-electron chi connectivity index (χ3n) is 8.62. The van der Waals surface area contributed by atoms with Gasteiger partial charge in [0, 0.05) is 77.4 Å². The predicted molar refractivity (Wildman–Crippen MR) is 167 cm³/mol. The van der Waals surface area contributed by atoms with Crippen molar-refractivity contribution in [2.75, 3.05) is 50.0 Å². The number of nitrogens with zero attached hydrogens (tertiary/aromatic N) is 8. The molecule has 2 fully saturated rings. The lowest BCUT2D eigenvalue weighted by Crippen LogP contribution is -2.59. The molecular formula is C31H36ClFN8O. The van der Waals surface area contributed by atoms with Gasteiger partial charge in [-0.3, -0.25) is 9.48 Å². The number of halogens is 2.